The Bertz CT molecular complexity index is 960. The van der Waals surface area contributed by atoms with E-state index in [0.29, 0.717) is 0 Å². The molecule has 7 heteroatoms. The van der Waals surface area contributed by atoms with Crippen molar-refractivity contribution in [1.82, 2.24) is 9.88 Å². The molecule has 0 unspecified atom stereocenters. The van der Waals surface area contributed by atoms with Crippen molar-refractivity contribution < 1.29 is 18.9 Å². The van der Waals surface area contributed by atoms with Gasteiger partial charge in [0, 0.05) is 36.4 Å². The largest absolute Gasteiger partial charge is 0.346 e. The fourth-order valence-corrected chi connectivity index (χ4v) is 5.88. The molecule has 1 atom stereocenters. The van der Waals surface area contributed by atoms with Crippen LogP contribution in [0.2, 0.25) is 0 Å². The average molecular weight is 627 g/mol. The molecular formula is C37H54F2N3OS+. The number of carbonyl (C=O) groups is 1. The van der Waals surface area contributed by atoms with Gasteiger partial charge in [0.2, 0.25) is 6.41 Å². The van der Waals surface area contributed by atoms with Gasteiger partial charge in [-0.05, 0) is 44.7 Å². The summed E-state index contributed by atoms with van der Waals surface area (Å²) in [5.74, 6) is -0.280. The molecule has 0 bridgehead atoms. The Morgan fingerprint density at radius 2 is 1.36 bits per heavy atom. The van der Waals surface area contributed by atoms with E-state index in [2.05, 4.69) is 75.5 Å². The molecule has 44 heavy (non-hydrogen) atoms. The summed E-state index contributed by atoms with van der Waals surface area (Å²) in [5, 5.41) is 3.67. The number of carbonyl (C=O) groups excluding carboxylic acids is 1. The van der Waals surface area contributed by atoms with E-state index in [1.807, 2.05) is 16.2 Å². The number of hydrogen-bond acceptors (Lipinski definition) is 3. The number of halogens is 2. The topological polar surface area (TPSA) is 49.8 Å². The molecule has 2 N–H and O–H groups in total. The maximum absolute atomic E-state index is 11.9. The van der Waals surface area contributed by atoms with Gasteiger partial charge in [0.1, 0.15) is 11.6 Å². The van der Waals surface area contributed by atoms with Gasteiger partial charge in [-0.3, -0.25) is 4.79 Å². The van der Waals surface area contributed by atoms with Gasteiger partial charge in [-0.25, -0.2) is 13.8 Å². The molecule has 1 saturated carbocycles. The van der Waals surface area contributed by atoms with Crippen LogP contribution in [-0.2, 0) is 11.2 Å². The zero-order valence-corrected chi connectivity index (χ0v) is 27.8. The Labute approximate surface area is 271 Å². The van der Waals surface area contributed by atoms with Crippen LogP contribution in [0.1, 0.15) is 99.0 Å². The molecule has 3 heterocycles. The highest BCUT2D eigenvalue weighted by atomic mass is 32.1. The number of piperidine rings is 1. The normalized spacial score (nSPS) is 15.8. The van der Waals surface area contributed by atoms with Crippen LogP contribution in [-0.4, -0.2) is 42.5 Å². The quantitative estimate of drug-likeness (QED) is 0.284. The second-order valence-electron chi connectivity index (χ2n) is 9.86. The van der Waals surface area contributed by atoms with Gasteiger partial charge in [-0.1, -0.05) is 57.9 Å². The van der Waals surface area contributed by atoms with Gasteiger partial charge in [0.05, 0.1) is 23.8 Å². The summed E-state index contributed by atoms with van der Waals surface area (Å²) in [4.78, 5) is 18.2. The van der Waals surface area contributed by atoms with Crippen LogP contribution in [0.4, 0.5) is 8.78 Å². The minimum Gasteiger partial charge on any atom is -0.346 e. The third kappa shape index (κ3) is 22.9. The summed E-state index contributed by atoms with van der Waals surface area (Å²) in [7, 11) is 0. The molecule has 5 rings (SSSR count). The summed E-state index contributed by atoms with van der Waals surface area (Å²) in [6.45, 7) is 8.89. The number of nitrogens with zero attached hydrogens (tertiary/aromatic N) is 2. The molecule has 2 aromatic rings. The first kappa shape index (κ1) is 44.8. The molecule has 1 aliphatic carbocycles. The first-order valence-corrected chi connectivity index (χ1v) is 16.1. The van der Waals surface area contributed by atoms with Crippen molar-refractivity contribution >= 4 is 17.7 Å². The van der Waals surface area contributed by atoms with E-state index >= 15 is 0 Å². The Morgan fingerprint density at radius 1 is 0.886 bits per heavy atom. The van der Waals surface area contributed by atoms with Crippen LogP contribution < -0.4 is 5.32 Å². The number of aryl methyl sites for hydroxylation is 2. The molecule has 0 spiro atoms. The zero-order chi connectivity index (χ0) is 34.0. The second-order valence-corrected chi connectivity index (χ2v) is 11.1. The molecular weight excluding hydrogens is 572 g/mol. The smallest absolute Gasteiger partial charge is 0.209 e. The van der Waals surface area contributed by atoms with Crippen LogP contribution >= 0.6 is 11.3 Å². The van der Waals surface area contributed by atoms with Crippen LogP contribution in [0, 0.1) is 69.9 Å². The minimum absolute atomic E-state index is 0.537. The highest BCUT2D eigenvalue weighted by Gasteiger charge is 2.25. The first-order chi connectivity index (χ1) is 21.5. The number of benzene rings is 1. The third-order valence-electron chi connectivity index (χ3n) is 6.69. The maximum atomic E-state index is 11.9. The number of thiazole rings is 1. The number of amides is 1. The predicted molar refractivity (Wildman–Crippen MR) is 185 cm³/mol. The average Bonchev–Trinajstić information content (AvgIpc) is 3.77. The predicted octanol–water partition coefficient (Wildman–Crippen LogP) is 7.39. The van der Waals surface area contributed by atoms with Crippen molar-refractivity contribution in [2.24, 2.45) is 0 Å². The lowest BCUT2D eigenvalue weighted by atomic mass is 10.0. The van der Waals surface area contributed by atoms with Crippen molar-refractivity contribution in [2.75, 3.05) is 26.2 Å². The molecule has 1 aromatic carbocycles. The van der Waals surface area contributed by atoms with Crippen LogP contribution in [0.5, 0.6) is 0 Å². The van der Waals surface area contributed by atoms with Crippen molar-refractivity contribution in [1.29, 1.82) is 0 Å². The van der Waals surface area contributed by atoms with Crippen LogP contribution in [0.25, 0.3) is 0 Å². The summed E-state index contributed by atoms with van der Waals surface area (Å²) >= 11 is 1.92. The Balaban J connectivity index is -0.000000491. The van der Waals surface area contributed by atoms with E-state index in [-0.39, 0.29) is 0 Å². The summed E-state index contributed by atoms with van der Waals surface area (Å²) in [5.41, 5.74) is 1.38. The molecule has 0 radical (unpaired) electrons. The summed E-state index contributed by atoms with van der Waals surface area (Å²) < 4.78 is 23.9. The number of nitrogens with two attached hydrogens (primary N) is 1. The van der Waals surface area contributed by atoms with E-state index in [0.717, 1.165) is 37.9 Å². The molecule has 3 fully saturated rings. The number of hydrogen-bond donors (Lipinski definition) is 1. The van der Waals surface area contributed by atoms with Crippen molar-refractivity contribution in [3.63, 3.8) is 0 Å². The van der Waals surface area contributed by atoms with E-state index in [1.165, 1.54) is 113 Å². The van der Waals surface area contributed by atoms with E-state index in [4.69, 9.17) is 0 Å². The minimum atomic E-state index is -0.537. The van der Waals surface area contributed by atoms with Gasteiger partial charge < -0.3 is 10.2 Å². The molecule has 1 amide bonds. The molecule has 3 aliphatic rings. The molecule has 4 nitrogen and oxygen atoms in total. The summed E-state index contributed by atoms with van der Waals surface area (Å²) in [6.07, 6.45) is 49.3. The molecule has 2 aliphatic heterocycles. The number of aromatic nitrogens is 1. The molecule has 242 valence electrons. The van der Waals surface area contributed by atoms with E-state index in [9.17, 15) is 13.6 Å². The standard InChI is InChI=1S/C11H18N2S.C6H4F2.C6H11NO.C6H12.4C2H2/c1-3-4-10-11(14-8(2)13-10)9-5-6-12-7-9;7-5-2-1-3-6(8)4-5;8-6-7-4-2-1-3-5-7;1-2-4-6-5-3-1;4*1-2/h9,12H,3-7H2,1-2H3;1-4H;6H,1-5H2;1-6H2;4*1-2H/p+1/t9-;;;;;;;/m0......./s1. The Kier molecular flexibility index (Phi) is 34.5. The lowest BCUT2D eigenvalue weighted by Gasteiger charge is -2.21. The van der Waals surface area contributed by atoms with E-state index < -0.39 is 11.6 Å². The van der Waals surface area contributed by atoms with Crippen LogP contribution in [0.15, 0.2) is 24.3 Å². The number of quaternary nitrogens is 1. The van der Waals surface area contributed by atoms with Crippen molar-refractivity contribution in [3.05, 3.63) is 51.5 Å². The number of terminal acetylenes is 4. The highest BCUT2D eigenvalue weighted by Crippen LogP contribution is 2.30. The Morgan fingerprint density at radius 3 is 1.70 bits per heavy atom. The monoisotopic (exact) mass is 626 g/mol. The van der Waals surface area contributed by atoms with Gasteiger partial charge in [-0.2, -0.15) is 0 Å². The van der Waals surface area contributed by atoms with Crippen molar-refractivity contribution in [3.8, 4) is 51.4 Å². The lowest BCUT2D eigenvalue weighted by molar-refractivity contribution is -0.636. The number of rotatable bonds is 4. The maximum Gasteiger partial charge on any atom is 0.209 e. The fourth-order valence-electron chi connectivity index (χ4n) is 4.76. The summed E-state index contributed by atoms with van der Waals surface area (Å²) in [6, 6.07) is 4.55. The lowest BCUT2D eigenvalue weighted by Crippen LogP contribution is -2.81. The van der Waals surface area contributed by atoms with Crippen molar-refractivity contribution in [2.45, 2.75) is 96.8 Å². The first-order valence-electron chi connectivity index (χ1n) is 15.2. The molecule has 1 aromatic heterocycles. The third-order valence-corrected chi connectivity index (χ3v) is 7.86. The molecule has 2 saturated heterocycles. The van der Waals surface area contributed by atoms with Gasteiger partial charge >= 0.3 is 0 Å². The number of likely N-dealkylation sites (tertiary alicyclic amines) is 1. The zero-order valence-electron chi connectivity index (χ0n) is 26.9. The van der Waals surface area contributed by atoms with Gasteiger partial charge in [0.25, 0.3) is 0 Å². The van der Waals surface area contributed by atoms with Gasteiger partial charge in [0.15, 0.2) is 0 Å². The fraction of sp³-hybridized carbons (Fsp3) is 0.514. The van der Waals surface area contributed by atoms with Crippen LogP contribution in [0.3, 0.4) is 0 Å². The SMILES string of the molecule is C#C.C#C.C#C.C#C.C1CCCCC1.CCCc1nc(C)sc1[C@H]1CC[NH2+]C1.Fc1cccc(F)c1.O=CN1CCCCC1. The highest BCUT2D eigenvalue weighted by molar-refractivity contribution is 7.11. The van der Waals surface area contributed by atoms with E-state index in [1.54, 1.807) is 4.88 Å². The van der Waals surface area contributed by atoms with Gasteiger partial charge in [-0.15, -0.1) is 62.7 Å². The Hall–Kier alpha value is -3.62. The second kappa shape index (κ2) is 33.9.